The molecule has 1 amide bonds. The molecule has 2 unspecified atom stereocenters. The van der Waals surface area contributed by atoms with Crippen LogP contribution in [-0.2, 0) is 27.2 Å². The van der Waals surface area contributed by atoms with Crippen molar-refractivity contribution in [1.82, 2.24) is 19.7 Å². The van der Waals surface area contributed by atoms with Gasteiger partial charge in [0.25, 0.3) is 0 Å². The van der Waals surface area contributed by atoms with Crippen LogP contribution < -0.4 is 0 Å². The lowest BCUT2D eigenvalue weighted by molar-refractivity contribution is -0.146. The average Bonchev–Trinajstić information content (AvgIpc) is 3.02. The predicted molar refractivity (Wildman–Crippen MR) is 93.6 cm³/mol. The van der Waals surface area contributed by atoms with Crippen molar-refractivity contribution in [2.24, 2.45) is 5.92 Å². The van der Waals surface area contributed by atoms with Crippen molar-refractivity contribution in [3.05, 3.63) is 11.6 Å². The van der Waals surface area contributed by atoms with Crippen molar-refractivity contribution in [3.63, 3.8) is 0 Å². The molecule has 3 rings (SSSR count). The summed E-state index contributed by atoms with van der Waals surface area (Å²) in [4.78, 5) is 26.1. The molecule has 8 heteroatoms. The van der Waals surface area contributed by atoms with E-state index in [1.54, 1.807) is 4.90 Å². The smallest absolute Gasteiger partial charge is 0.410 e. The molecular formula is C18H28N4O4. The first-order chi connectivity index (χ1) is 12.3. The van der Waals surface area contributed by atoms with E-state index < -0.39 is 5.60 Å². The summed E-state index contributed by atoms with van der Waals surface area (Å²) in [6.07, 6.45) is 3.01. The van der Waals surface area contributed by atoms with E-state index >= 15 is 0 Å². The Balaban J connectivity index is 1.73. The Bertz CT molecular complexity index is 679. The molecule has 0 saturated carbocycles. The number of hydrogen-bond acceptors (Lipinski definition) is 6. The lowest BCUT2D eigenvalue weighted by atomic mass is 9.95. The monoisotopic (exact) mass is 364 g/mol. The topological polar surface area (TPSA) is 86.6 Å². The van der Waals surface area contributed by atoms with E-state index in [0.717, 1.165) is 37.3 Å². The quantitative estimate of drug-likeness (QED) is 0.747. The number of ether oxygens (including phenoxy) is 2. The summed E-state index contributed by atoms with van der Waals surface area (Å²) >= 11 is 0. The van der Waals surface area contributed by atoms with Gasteiger partial charge >= 0.3 is 12.1 Å². The van der Waals surface area contributed by atoms with Crippen LogP contribution in [-0.4, -0.2) is 57.5 Å². The highest BCUT2D eigenvalue weighted by atomic mass is 16.6. The number of esters is 1. The highest BCUT2D eigenvalue weighted by Gasteiger charge is 2.34. The maximum absolute atomic E-state index is 12.4. The molecule has 144 valence electrons. The second-order valence-electron chi connectivity index (χ2n) is 8.11. The molecule has 0 spiro atoms. The number of methoxy groups -OCH3 is 1. The summed E-state index contributed by atoms with van der Waals surface area (Å²) in [7, 11) is 1.42. The molecule has 1 saturated heterocycles. The van der Waals surface area contributed by atoms with Crippen LogP contribution in [0.3, 0.4) is 0 Å². The first-order valence-electron chi connectivity index (χ1n) is 9.26. The van der Waals surface area contributed by atoms with E-state index in [4.69, 9.17) is 9.47 Å². The second kappa shape index (κ2) is 7.25. The van der Waals surface area contributed by atoms with Gasteiger partial charge < -0.3 is 18.9 Å². The molecule has 26 heavy (non-hydrogen) atoms. The third-order valence-corrected chi connectivity index (χ3v) is 4.95. The number of hydrogen-bond donors (Lipinski definition) is 0. The van der Waals surface area contributed by atoms with Crippen molar-refractivity contribution in [2.75, 3.05) is 20.2 Å². The molecule has 2 atom stereocenters. The van der Waals surface area contributed by atoms with Crippen molar-refractivity contribution in [1.29, 1.82) is 0 Å². The zero-order valence-electron chi connectivity index (χ0n) is 16.0. The minimum Gasteiger partial charge on any atom is -0.469 e. The lowest BCUT2D eigenvalue weighted by Crippen LogP contribution is -2.43. The van der Waals surface area contributed by atoms with Crippen LogP contribution in [0.4, 0.5) is 4.79 Å². The van der Waals surface area contributed by atoms with Gasteiger partial charge in [-0.3, -0.25) is 4.79 Å². The van der Waals surface area contributed by atoms with Crippen molar-refractivity contribution in [2.45, 2.75) is 64.5 Å². The van der Waals surface area contributed by atoms with E-state index in [1.165, 1.54) is 7.11 Å². The molecule has 0 bridgehead atoms. The van der Waals surface area contributed by atoms with Gasteiger partial charge in [-0.15, -0.1) is 10.2 Å². The van der Waals surface area contributed by atoms with Crippen LogP contribution in [0.2, 0.25) is 0 Å². The summed E-state index contributed by atoms with van der Waals surface area (Å²) in [5.74, 6) is 1.53. The number of carbonyl (C=O) groups excluding carboxylic acids is 2. The Morgan fingerprint density at radius 3 is 2.62 bits per heavy atom. The van der Waals surface area contributed by atoms with Gasteiger partial charge in [-0.25, -0.2) is 4.79 Å². The molecular weight excluding hydrogens is 336 g/mol. The number of amides is 1. The fraction of sp³-hybridized carbons (Fsp3) is 0.778. The molecule has 0 aliphatic carbocycles. The van der Waals surface area contributed by atoms with Gasteiger partial charge in [0.1, 0.15) is 17.2 Å². The number of likely N-dealkylation sites (tertiary alicyclic amines) is 1. The number of carbonyl (C=O) groups is 2. The van der Waals surface area contributed by atoms with Gasteiger partial charge in [-0.1, -0.05) is 0 Å². The Morgan fingerprint density at radius 2 is 1.92 bits per heavy atom. The second-order valence-corrected chi connectivity index (χ2v) is 8.11. The van der Waals surface area contributed by atoms with Gasteiger partial charge in [0.05, 0.1) is 13.0 Å². The molecule has 0 radical (unpaired) electrons. The Kier molecular flexibility index (Phi) is 5.20. The maximum atomic E-state index is 12.4. The SMILES string of the molecule is COC(=O)C1CCc2nnc(C3CCCN(C(=O)OC(C)(C)C)C3)n2C1. The fourth-order valence-corrected chi connectivity index (χ4v) is 3.69. The number of nitrogens with zero attached hydrogens (tertiary/aromatic N) is 4. The summed E-state index contributed by atoms with van der Waals surface area (Å²) < 4.78 is 12.5. The van der Waals surface area contributed by atoms with E-state index in [0.29, 0.717) is 19.6 Å². The third-order valence-electron chi connectivity index (χ3n) is 4.95. The fourth-order valence-electron chi connectivity index (χ4n) is 3.69. The molecule has 8 nitrogen and oxygen atoms in total. The van der Waals surface area contributed by atoms with Gasteiger partial charge in [0.2, 0.25) is 0 Å². The van der Waals surface area contributed by atoms with Crippen LogP contribution in [0.15, 0.2) is 0 Å². The van der Waals surface area contributed by atoms with Crippen LogP contribution in [0, 0.1) is 5.92 Å². The number of rotatable bonds is 2. The largest absolute Gasteiger partial charge is 0.469 e. The number of piperidine rings is 1. The normalized spacial score (nSPS) is 23.3. The van der Waals surface area contributed by atoms with E-state index in [-0.39, 0.29) is 23.9 Å². The summed E-state index contributed by atoms with van der Waals surface area (Å²) in [6.45, 7) is 7.41. The molecule has 1 fully saturated rings. The molecule has 0 aromatic carbocycles. The van der Waals surface area contributed by atoms with Crippen LogP contribution in [0.25, 0.3) is 0 Å². The van der Waals surface area contributed by atoms with Gasteiger partial charge in [-0.05, 0) is 40.0 Å². The average molecular weight is 364 g/mol. The van der Waals surface area contributed by atoms with Gasteiger partial charge in [0, 0.05) is 32.0 Å². The summed E-state index contributed by atoms with van der Waals surface area (Å²) in [5.41, 5.74) is -0.508. The lowest BCUT2D eigenvalue weighted by Gasteiger charge is -2.34. The van der Waals surface area contributed by atoms with Crippen molar-refractivity contribution in [3.8, 4) is 0 Å². The summed E-state index contributed by atoms with van der Waals surface area (Å²) in [5, 5.41) is 8.70. The summed E-state index contributed by atoms with van der Waals surface area (Å²) in [6, 6.07) is 0. The van der Waals surface area contributed by atoms with Crippen molar-refractivity contribution < 1.29 is 19.1 Å². The van der Waals surface area contributed by atoms with Crippen LogP contribution >= 0.6 is 0 Å². The van der Waals surface area contributed by atoms with Crippen LogP contribution in [0.5, 0.6) is 0 Å². The Labute approximate surface area is 153 Å². The molecule has 1 aromatic heterocycles. The van der Waals surface area contributed by atoms with Crippen molar-refractivity contribution >= 4 is 12.1 Å². The first kappa shape index (κ1) is 18.7. The minimum atomic E-state index is -0.508. The van der Waals surface area contributed by atoms with E-state index in [2.05, 4.69) is 10.2 Å². The van der Waals surface area contributed by atoms with E-state index in [9.17, 15) is 9.59 Å². The Morgan fingerprint density at radius 1 is 1.15 bits per heavy atom. The molecule has 0 N–H and O–H groups in total. The first-order valence-corrected chi connectivity index (χ1v) is 9.26. The molecule has 3 heterocycles. The third kappa shape index (κ3) is 3.99. The Hall–Kier alpha value is -2.12. The number of aryl methyl sites for hydroxylation is 1. The molecule has 2 aliphatic rings. The van der Waals surface area contributed by atoms with Gasteiger partial charge in [0.15, 0.2) is 0 Å². The van der Waals surface area contributed by atoms with Gasteiger partial charge in [-0.2, -0.15) is 0 Å². The molecule has 2 aliphatic heterocycles. The maximum Gasteiger partial charge on any atom is 0.410 e. The molecule has 1 aromatic rings. The van der Waals surface area contributed by atoms with Crippen LogP contribution in [0.1, 0.15) is 57.6 Å². The van der Waals surface area contributed by atoms with E-state index in [1.807, 2.05) is 25.3 Å². The number of fused-ring (bicyclic) bond motifs is 1. The zero-order chi connectivity index (χ0) is 18.9. The number of aromatic nitrogens is 3. The highest BCUT2D eigenvalue weighted by molar-refractivity contribution is 5.72. The zero-order valence-corrected chi connectivity index (χ0v) is 16.0. The predicted octanol–water partition coefficient (Wildman–Crippen LogP) is 2.13. The minimum absolute atomic E-state index is 0.105. The standard InChI is InChI=1S/C18H28N4O4/c1-18(2,3)26-17(24)21-9-5-6-12(10-21)15-20-19-14-8-7-13(11-22(14)15)16(23)25-4/h12-13H,5-11H2,1-4H3. The highest BCUT2D eigenvalue weighted by Crippen LogP contribution is 2.30.